The lowest BCUT2D eigenvalue weighted by Crippen LogP contribution is -2.29. The number of para-hydroxylation sites is 3. The van der Waals surface area contributed by atoms with Crippen molar-refractivity contribution in [2.75, 3.05) is 4.90 Å². The van der Waals surface area contributed by atoms with Crippen LogP contribution < -0.4 is 9.64 Å². The van der Waals surface area contributed by atoms with E-state index in [2.05, 4.69) is 31.2 Å². The predicted molar refractivity (Wildman–Crippen MR) is 106 cm³/mol. The molecule has 132 valence electrons. The molecule has 0 saturated heterocycles. The van der Waals surface area contributed by atoms with Crippen molar-refractivity contribution >= 4 is 11.6 Å². The van der Waals surface area contributed by atoms with Gasteiger partial charge in [0.1, 0.15) is 5.75 Å². The van der Waals surface area contributed by atoms with Crippen molar-refractivity contribution in [3.8, 4) is 11.5 Å². The zero-order chi connectivity index (χ0) is 18.5. The smallest absolute Gasteiger partial charge is 0.262 e. The molecule has 1 heterocycles. The fraction of sp³-hybridized carbons (Fsp3) is 0.174. The number of fused-ring (bicyclic) bond motifs is 2. The fourth-order valence-electron chi connectivity index (χ4n) is 2.91. The topological polar surface area (TPSA) is 29.5 Å². The summed E-state index contributed by atoms with van der Waals surface area (Å²) in [5.74, 6) is 1.25. The van der Waals surface area contributed by atoms with Crippen LogP contribution >= 0.6 is 0 Å². The highest BCUT2D eigenvalue weighted by molar-refractivity contribution is 6.09. The summed E-state index contributed by atoms with van der Waals surface area (Å²) in [5, 5.41) is 0. The Morgan fingerprint density at radius 3 is 2.15 bits per heavy atom. The van der Waals surface area contributed by atoms with Crippen LogP contribution in [0.3, 0.4) is 0 Å². The van der Waals surface area contributed by atoms with E-state index in [1.165, 1.54) is 5.56 Å². The summed E-state index contributed by atoms with van der Waals surface area (Å²) >= 11 is 0. The first-order valence-electron chi connectivity index (χ1n) is 8.96. The maximum Gasteiger partial charge on any atom is 0.262 e. The molecule has 26 heavy (non-hydrogen) atoms. The third-order valence-electron chi connectivity index (χ3n) is 4.20. The molecule has 0 unspecified atom stereocenters. The van der Waals surface area contributed by atoms with Crippen molar-refractivity contribution in [1.82, 2.24) is 0 Å². The van der Waals surface area contributed by atoms with Gasteiger partial charge in [-0.25, -0.2) is 0 Å². The summed E-state index contributed by atoms with van der Waals surface area (Å²) in [4.78, 5) is 14.9. The minimum absolute atomic E-state index is 0.0453. The Labute approximate surface area is 154 Å². The van der Waals surface area contributed by atoms with Crippen LogP contribution in [0.1, 0.15) is 35.3 Å². The zero-order valence-electron chi connectivity index (χ0n) is 15.4. The molecule has 0 N–H and O–H groups in total. The van der Waals surface area contributed by atoms with Crippen LogP contribution in [0.5, 0.6) is 11.5 Å². The van der Waals surface area contributed by atoms with E-state index in [4.69, 9.17) is 4.74 Å². The van der Waals surface area contributed by atoms with Gasteiger partial charge in [-0.1, -0.05) is 67.9 Å². The summed E-state index contributed by atoms with van der Waals surface area (Å²) < 4.78 is 6.00. The van der Waals surface area contributed by atoms with Gasteiger partial charge in [-0.2, -0.15) is 0 Å². The van der Waals surface area contributed by atoms with Crippen LogP contribution in [0.25, 0.3) is 0 Å². The number of amides is 1. The van der Waals surface area contributed by atoms with Crippen LogP contribution in [-0.2, 0) is 6.54 Å². The quantitative estimate of drug-likeness (QED) is 0.572. The van der Waals surface area contributed by atoms with Gasteiger partial charge in [0.2, 0.25) is 0 Å². The highest BCUT2D eigenvalue weighted by atomic mass is 16.5. The molecule has 1 aliphatic heterocycles. The largest absolute Gasteiger partial charge is 0.454 e. The number of benzene rings is 3. The van der Waals surface area contributed by atoms with Crippen molar-refractivity contribution in [2.45, 2.75) is 27.3 Å². The van der Waals surface area contributed by atoms with E-state index in [9.17, 15) is 4.79 Å². The lowest BCUT2D eigenvalue weighted by atomic mass is 10.1. The Morgan fingerprint density at radius 2 is 1.42 bits per heavy atom. The number of rotatable bonds is 2. The third kappa shape index (κ3) is 3.47. The second kappa shape index (κ2) is 7.87. The molecule has 4 rings (SSSR count). The first-order valence-corrected chi connectivity index (χ1v) is 8.96. The molecule has 3 heteroatoms. The maximum absolute atomic E-state index is 13.1. The maximum atomic E-state index is 13.1. The second-order valence-corrected chi connectivity index (χ2v) is 5.94. The molecule has 3 aromatic rings. The van der Waals surface area contributed by atoms with E-state index in [1.54, 1.807) is 4.90 Å². The average Bonchev–Trinajstić information content (AvgIpc) is 2.80. The monoisotopic (exact) mass is 345 g/mol. The molecular weight excluding hydrogens is 322 g/mol. The van der Waals surface area contributed by atoms with Crippen LogP contribution in [0, 0.1) is 6.92 Å². The van der Waals surface area contributed by atoms with Gasteiger partial charge in [0, 0.05) is 0 Å². The summed E-state index contributed by atoms with van der Waals surface area (Å²) in [5.41, 5.74) is 3.67. The number of hydrogen-bond donors (Lipinski definition) is 0. The molecule has 0 aliphatic carbocycles. The molecule has 0 spiro atoms. The Bertz CT molecular complexity index is 900. The summed E-state index contributed by atoms with van der Waals surface area (Å²) in [7, 11) is 0. The second-order valence-electron chi connectivity index (χ2n) is 5.94. The molecule has 3 aromatic carbocycles. The van der Waals surface area contributed by atoms with Crippen LogP contribution in [0.4, 0.5) is 5.69 Å². The molecule has 0 fully saturated rings. The average molecular weight is 345 g/mol. The molecular formula is C23H23NO2. The molecule has 3 nitrogen and oxygen atoms in total. The van der Waals surface area contributed by atoms with Crippen LogP contribution in [-0.4, -0.2) is 5.91 Å². The van der Waals surface area contributed by atoms with Gasteiger partial charge in [0.05, 0.1) is 17.8 Å². The van der Waals surface area contributed by atoms with E-state index < -0.39 is 0 Å². The molecule has 0 bridgehead atoms. The van der Waals surface area contributed by atoms with E-state index in [-0.39, 0.29) is 5.91 Å². The van der Waals surface area contributed by atoms with Gasteiger partial charge < -0.3 is 9.64 Å². The highest BCUT2D eigenvalue weighted by Crippen LogP contribution is 2.39. The van der Waals surface area contributed by atoms with Gasteiger partial charge in [-0.3, -0.25) is 4.79 Å². The first kappa shape index (κ1) is 17.7. The van der Waals surface area contributed by atoms with Crippen molar-refractivity contribution < 1.29 is 9.53 Å². The molecule has 0 atom stereocenters. The Hall–Kier alpha value is -3.07. The van der Waals surface area contributed by atoms with Crippen LogP contribution in [0.15, 0.2) is 72.8 Å². The Balaban J connectivity index is 0.000000948. The molecule has 0 saturated carbocycles. The van der Waals surface area contributed by atoms with Crippen molar-refractivity contribution in [3.63, 3.8) is 0 Å². The minimum atomic E-state index is -0.0453. The first-order chi connectivity index (χ1) is 12.7. The van der Waals surface area contributed by atoms with Gasteiger partial charge in [-0.15, -0.1) is 0 Å². The Kier molecular flexibility index (Phi) is 5.37. The number of carbonyl (C=O) groups is 1. The molecule has 0 aromatic heterocycles. The van der Waals surface area contributed by atoms with E-state index in [0.717, 1.165) is 11.3 Å². The minimum Gasteiger partial charge on any atom is -0.454 e. The standard InChI is InChI=1S/C21H17NO2.C2H6/c1-15-10-12-16(13-11-15)14-22-18-7-3-5-9-20(18)24-19-8-4-2-6-17(19)21(22)23;1-2/h2-13H,14H2,1H3;1-2H3. The lowest BCUT2D eigenvalue weighted by molar-refractivity contribution is 0.0985. The number of nitrogens with zero attached hydrogens (tertiary/aromatic N) is 1. The van der Waals surface area contributed by atoms with Crippen molar-refractivity contribution in [3.05, 3.63) is 89.5 Å². The number of hydrogen-bond acceptors (Lipinski definition) is 2. The number of aryl methyl sites for hydroxylation is 1. The van der Waals surface area contributed by atoms with E-state index >= 15 is 0 Å². The normalized spacial score (nSPS) is 12.1. The van der Waals surface area contributed by atoms with Gasteiger partial charge >= 0.3 is 0 Å². The highest BCUT2D eigenvalue weighted by Gasteiger charge is 2.27. The van der Waals surface area contributed by atoms with Gasteiger partial charge in [-0.05, 0) is 36.8 Å². The summed E-state index contributed by atoms with van der Waals surface area (Å²) in [6.07, 6.45) is 0. The van der Waals surface area contributed by atoms with Crippen LogP contribution in [0.2, 0.25) is 0 Å². The van der Waals surface area contributed by atoms with Crippen molar-refractivity contribution in [1.29, 1.82) is 0 Å². The van der Waals surface area contributed by atoms with Crippen molar-refractivity contribution in [2.24, 2.45) is 0 Å². The zero-order valence-corrected chi connectivity index (χ0v) is 15.4. The predicted octanol–water partition coefficient (Wildman–Crippen LogP) is 5.97. The lowest BCUT2D eigenvalue weighted by Gasteiger charge is -2.22. The fourth-order valence-corrected chi connectivity index (χ4v) is 2.91. The van der Waals surface area contributed by atoms with Gasteiger partial charge in [0.15, 0.2) is 5.75 Å². The van der Waals surface area contributed by atoms with Gasteiger partial charge in [0.25, 0.3) is 5.91 Å². The molecule has 1 aliphatic rings. The Morgan fingerprint density at radius 1 is 0.808 bits per heavy atom. The number of carbonyl (C=O) groups excluding carboxylic acids is 1. The molecule has 1 amide bonds. The summed E-state index contributed by atoms with van der Waals surface area (Å²) in [6.45, 7) is 6.56. The SMILES string of the molecule is CC.Cc1ccc(CN2C(=O)c3ccccc3Oc3ccccc32)cc1. The summed E-state index contributed by atoms with van der Waals surface area (Å²) in [6, 6.07) is 23.3. The number of ether oxygens (including phenoxy) is 1. The third-order valence-corrected chi connectivity index (χ3v) is 4.20. The molecule has 0 radical (unpaired) electrons. The number of anilines is 1. The van der Waals surface area contributed by atoms with E-state index in [0.29, 0.717) is 23.6 Å². The van der Waals surface area contributed by atoms with E-state index in [1.807, 2.05) is 62.4 Å².